The molecule has 0 atom stereocenters. The van der Waals surface area contributed by atoms with Crippen LogP contribution in [0.15, 0.2) is 60.7 Å². The van der Waals surface area contributed by atoms with Crippen molar-refractivity contribution in [2.45, 2.75) is 13.5 Å². The molecule has 1 aliphatic heterocycles. The van der Waals surface area contributed by atoms with Crippen molar-refractivity contribution in [3.05, 3.63) is 71.1 Å². The van der Waals surface area contributed by atoms with Gasteiger partial charge in [0, 0.05) is 44.9 Å². The number of nitrogens with zero attached hydrogens (tertiary/aromatic N) is 2. The van der Waals surface area contributed by atoms with E-state index in [-0.39, 0.29) is 11.8 Å². The number of nitrogens with one attached hydrogen (secondary N) is 1. The second-order valence-corrected chi connectivity index (χ2v) is 8.81. The van der Waals surface area contributed by atoms with Crippen LogP contribution in [-0.4, -0.2) is 50.1 Å². The largest absolute Gasteiger partial charge is 0.378 e. The topological polar surface area (TPSA) is 61.9 Å². The van der Waals surface area contributed by atoms with Crippen molar-refractivity contribution in [1.82, 2.24) is 4.90 Å². The Labute approximate surface area is 192 Å². The van der Waals surface area contributed by atoms with Gasteiger partial charge in [-0.1, -0.05) is 48.5 Å². The summed E-state index contributed by atoms with van der Waals surface area (Å²) in [6.45, 7) is 4.95. The lowest BCUT2D eigenvalue weighted by Gasteiger charge is -2.28. The molecule has 1 fully saturated rings. The maximum Gasteiger partial charge on any atom is 0.265 e. The van der Waals surface area contributed by atoms with Crippen LogP contribution in [0, 0.1) is 0 Å². The summed E-state index contributed by atoms with van der Waals surface area (Å²) >= 11 is 1.51. The predicted molar refractivity (Wildman–Crippen MR) is 129 cm³/mol. The van der Waals surface area contributed by atoms with Gasteiger partial charge in [0.15, 0.2) is 0 Å². The number of anilines is 2. The molecule has 4 rings (SSSR count). The molecule has 0 spiro atoms. The number of rotatable bonds is 6. The van der Waals surface area contributed by atoms with E-state index < -0.39 is 0 Å². The highest BCUT2D eigenvalue weighted by Crippen LogP contribution is 2.39. The van der Waals surface area contributed by atoms with Gasteiger partial charge in [-0.3, -0.25) is 9.59 Å². The van der Waals surface area contributed by atoms with Gasteiger partial charge in [0.05, 0.1) is 23.1 Å². The van der Waals surface area contributed by atoms with E-state index in [4.69, 9.17) is 4.74 Å². The molecule has 1 saturated heterocycles. The Morgan fingerprint density at radius 3 is 2.47 bits per heavy atom. The first-order valence-electron chi connectivity index (χ1n) is 10.7. The number of hydrogen-bond acceptors (Lipinski definition) is 5. The molecule has 1 aliphatic rings. The lowest BCUT2D eigenvalue weighted by molar-refractivity contribution is -0.128. The van der Waals surface area contributed by atoms with Gasteiger partial charge in [-0.15, -0.1) is 11.3 Å². The fourth-order valence-electron chi connectivity index (χ4n) is 3.65. The average Bonchev–Trinajstić information content (AvgIpc) is 3.27. The van der Waals surface area contributed by atoms with Crippen molar-refractivity contribution in [2.24, 2.45) is 0 Å². The number of thiophene rings is 1. The van der Waals surface area contributed by atoms with Crippen molar-refractivity contribution < 1.29 is 14.3 Å². The summed E-state index contributed by atoms with van der Waals surface area (Å²) in [5, 5.41) is 4.15. The molecule has 2 amide bonds. The van der Waals surface area contributed by atoms with E-state index in [1.807, 2.05) is 48.5 Å². The molecule has 3 aromatic rings. The van der Waals surface area contributed by atoms with Gasteiger partial charge in [0.2, 0.25) is 5.91 Å². The van der Waals surface area contributed by atoms with Gasteiger partial charge in [-0.25, -0.2) is 0 Å². The summed E-state index contributed by atoms with van der Waals surface area (Å²) in [5.41, 5.74) is 3.76. The van der Waals surface area contributed by atoms with Crippen LogP contribution in [0.1, 0.15) is 22.2 Å². The molecule has 166 valence electrons. The van der Waals surface area contributed by atoms with Crippen molar-refractivity contribution >= 4 is 33.8 Å². The summed E-state index contributed by atoms with van der Waals surface area (Å²) < 4.78 is 5.52. The number of hydrogen-bond donors (Lipinski definition) is 1. The summed E-state index contributed by atoms with van der Waals surface area (Å²) in [7, 11) is 1.75. The Kier molecular flexibility index (Phi) is 6.87. The van der Waals surface area contributed by atoms with Crippen LogP contribution in [0.5, 0.6) is 0 Å². The first kappa shape index (κ1) is 22.0. The van der Waals surface area contributed by atoms with Gasteiger partial charge in [0.25, 0.3) is 5.91 Å². The number of carbonyl (C=O) groups is 2. The molecule has 7 heteroatoms. The number of benzene rings is 2. The van der Waals surface area contributed by atoms with E-state index in [9.17, 15) is 9.59 Å². The van der Waals surface area contributed by atoms with E-state index in [1.165, 1.54) is 18.3 Å². The van der Waals surface area contributed by atoms with E-state index in [0.717, 1.165) is 34.8 Å². The molecule has 6 nitrogen and oxygen atoms in total. The molecular formula is C25H27N3O3S. The van der Waals surface area contributed by atoms with Crippen LogP contribution in [0.4, 0.5) is 10.7 Å². The van der Waals surface area contributed by atoms with Gasteiger partial charge in [-0.05, 0) is 23.3 Å². The number of carbonyl (C=O) groups excluding carboxylic acids is 2. The molecular weight excluding hydrogens is 422 g/mol. The summed E-state index contributed by atoms with van der Waals surface area (Å²) in [6, 6.07) is 19.7. The molecule has 2 aromatic carbocycles. The third-order valence-corrected chi connectivity index (χ3v) is 6.72. The van der Waals surface area contributed by atoms with Crippen molar-refractivity contribution in [1.29, 1.82) is 0 Å². The molecule has 2 heterocycles. The van der Waals surface area contributed by atoms with Gasteiger partial charge < -0.3 is 19.9 Å². The minimum absolute atomic E-state index is 0.0213. The molecule has 0 radical (unpaired) electrons. The Morgan fingerprint density at radius 1 is 1.06 bits per heavy atom. The molecule has 32 heavy (non-hydrogen) atoms. The SMILES string of the molecule is CC(=O)N(C)Cc1ccccc1NC(=O)c1cc(-c2ccccc2)c(N2CCOCC2)s1. The van der Waals surface area contributed by atoms with E-state index in [0.29, 0.717) is 30.3 Å². The minimum Gasteiger partial charge on any atom is -0.378 e. The molecule has 0 bridgehead atoms. The normalized spacial score (nSPS) is 13.6. The van der Waals surface area contributed by atoms with Crippen molar-refractivity contribution in [2.75, 3.05) is 43.6 Å². The summed E-state index contributed by atoms with van der Waals surface area (Å²) in [6.07, 6.45) is 0. The second-order valence-electron chi connectivity index (χ2n) is 7.78. The molecule has 0 saturated carbocycles. The van der Waals surface area contributed by atoms with Crippen molar-refractivity contribution in [3.63, 3.8) is 0 Å². The summed E-state index contributed by atoms with van der Waals surface area (Å²) in [5.74, 6) is -0.170. The van der Waals surface area contributed by atoms with Crippen LogP contribution >= 0.6 is 11.3 Å². The molecule has 1 N–H and O–H groups in total. The third-order valence-electron chi connectivity index (χ3n) is 5.53. The highest BCUT2D eigenvalue weighted by atomic mass is 32.1. The second kappa shape index (κ2) is 9.97. The smallest absolute Gasteiger partial charge is 0.265 e. The van der Waals surface area contributed by atoms with Crippen molar-refractivity contribution in [3.8, 4) is 11.1 Å². The van der Waals surface area contributed by atoms with Crippen LogP contribution in [-0.2, 0) is 16.1 Å². The predicted octanol–water partition coefficient (Wildman–Crippen LogP) is 4.48. The number of morpholine rings is 1. The van der Waals surface area contributed by atoms with E-state index in [2.05, 4.69) is 22.3 Å². The van der Waals surface area contributed by atoms with Crippen LogP contribution in [0.2, 0.25) is 0 Å². The monoisotopic (exact) mass is 449 g/mol. The first-order valence-corrected chi connectivity index (χ1v) is 11.5. The third kappa shape index (κ3) is 5.00. The Morgan fingerprint density at radius 2 is 1.75 bits per heavy atom. The minimum atomic E-state index is -0.149. The van der Waals surface area contributed by atoms with Gasteiger partial charge in [-0.2, -0.15) is 0 Å². The molecule has 0 unspecified atom stereocenters. The van der Waals surface area contributed by atoms with Gasteiger partial charge >= 0.3 is 0 Å². The standard InChI is InChI=1S/C25H27N3O3S/c1-18(29)27(2)17-20-10-6-7-11-22(20)26-24(30)23-16-21(19-8-4-3-5-9-19)25(32-23)28-12-14-31-15-13-28/h3-11,16H,12-15,17H2,1-2H3,(H,26,30). The van der Waals surface area contributed by atoms with Crippen LogP contribution in [0.3, 0.4) is 0 Å². The van der Waals surface area contributed by atoms with Crippen LogP contribution in [0.25, 0.3) is 11.1 Å². The fourth-order valence-corrected chi connectivity index (χ4v) is 4.78. The highest BCUT2D eigenvalue weighted by Gasteiger charge is 2.22. The lowest BCUT2D eigenvalue weighted by atomic mass is 10.1. The van der Waals surface area contributed by atoms with Crippen LogP contribution < -0.4 is 10.2 Å². The Bertz CT molecular complexity index is 1090. The Balaban J connectivity index is 1.62. The zero-order valence-corrected chi connectivity index (χ0v) is 19.2. The van der Waals surface area contributed by atoms with Gasteiger partial charge in [0.1, 0.15) is 0 Å². The number of para-hydroxylation sites is 1. The fraction of sp³-hybridized carbons (Fsp3) is 0.280. The lowest BCUT2D eigenvalue weighted by Crippen LogP contribution is -2.35. The zero-order valence-electron chi connectivity index (χ0n) is 18.3. The highest BCUT2D eigenvalue weighted by molar-refractivity contribution is 7.18. The first-order chi connectivity index (χ1) is 15.5. The Hall–Kier alpha value is -3.16. The quantitative estimate of drug-likeness (QED) is 0.603. The van der Waals surface area contributed by atoms with E-state index >= 15 is 0 Å². The number of amides is 2. The maximum absolute atomic E-state index is 13.2. The maximum atomic E-state index is 13.2. The van der Waals surface area contributed by atoms with E-state index in [1.54, 1.807) is 11.9 Å². The molecule has 1 aromatic heterocycles. The molecule has 0 aliphatic carbocycles. The summed E-state index contributed by atoms with van der Waals surface area (Å²) in [4.78, 5) is 29.5. The zero-order chi connectivity index (χ0) is 22.5. The number of ether oxygens (including phenoxy) is 1. The average molecular weight is 450 g/mol.